The van der Waals surface area contributed by atoms with Crippen LogP contribution in [0, 0.1) is 0 Å². The monoisotopic (exact) mass is 414 g/mol. The molecule has 1 spiro atoms. The lowest BCUT2D eigenvalue weighted by Gasteiger charge is -2.37. The molecule has 2 aliphatic heterocycles. The van der Waals surface area contributed by atoms with Gasteiger partial charge >= 0.3 is 6.03 Å². The molecule has 2 aliphatic rings. The van der Waals surface area contributed by atoms with Crippen LogP contribution in [0.5, 0.6) is 0 Å². The number of benzene rings is 1. The zero-order valence-electron chi connectivity index (χ0n) is 15.5. The first kappa shape index (κ1) is 19.1. The number of imide groups is 1. The first-order chi connectivity index (χ1) is 14.0. The van der Waals surface area contributed by atoms with Gasteiger partial charge in [-0.05, 0) is 43.2 Å². The number of hydrogen-bond acceptors (Lipinski definition) is 6. The number of nitrogens with zero attached hydrogens (tertiary/aromatic N) is 4. The summed E-state index contributed by atoms with van der Waals surface area (Å²) in [6.07, 6.45) is 4.17. The minimum absolute atomic E-state index is 0.347. The molecule has 4 amide bonds. The van der Waals surface area contributed by atoms with Gasteiger partial charge in [-0.2, -0.15) is 0 Å². The highest BCUT2D eigenvalue weighted by Gasteiger charge is 2.52. The molecule has 0 saturated carbocycles. The molecular formula is C19H19ClN6O3. The fraction of sp³-hybridized carbons (Fsp3) is 0.316. The summed E-state index contributed by atoms with van der Waals surface area (Å²) in [6.45, 7) is 0.711. The lowest BCUT2D eigenvalue weighted by Crippen LogP contribution is -2.55. The third-order valence-corrected chi connectivity index (χ3v) is 5.38. The predicted octanol–water partition coefficient (Wildman–Crippen LogP) is 1.66. The van der Waals surface area contributed by atoms with E-state index in [1.165, 1.54) is 0 Å². The third kappa shape index (κ3) is 3.86. The van der Waals surface area contributed by atoms with Crippen LogP contribution in [0.15, 0.2) is 42.7 Å². The summed E-state index contributed by atoms with van der Waals surface area (Å²) in [5.74, 6) is -0.233. The van der Waals surface area contributed by atoms with Gasteiger partial charge in [-0.25, -0.2) is 14.8 Å². The van der Waals surface area contributed by atoms with Crippen LogP contribution in [0.3, 0.4) is 0 Å². The highest BCUT2D eigenvalue weighted by atomic mass is 35.5. The summed E-state index contributed by atoms with van der Waals surface area (Å²) in [5.41, 5.74) is -0.444. The number of nitrogens with one attached hydrogen (secondary N) is 2. The smallest absolute Gasteiger partial charge is 0.325 e. The SMILES string of the molecule is O=C(CN1C(=O)NC2(CCN(c3ncccn3)CC2)C1=O)Nc1ccc(Cl)cc1. The van der Waals surface area contributed by atoms with E-state index in [2.05, 4.69) is 20.6 Å². The highest BCUT2D eigenvalue weighted by Crippen LogP contribution is 2.30. The summed E-state index contributed by atoms with van der Waals surface area (Å²) >= 11 is 5.83. The molecule has 29 heavy (non-hydrogen) atoms. The van der Waals surface area contributed by atoms with Crippen molar-refractivity contribution in [2.75, 3.05) is 29.9 Å². The maximum atomic E-state index is 13.0. The molecule has 0 bridgehead atoms. The number of carbonyl (C=O) groups excluding carboxylic acids is 3. The quantitative estimate of drug-likeness (QED) is 0.737. The molecule has 3 heterocycles. The van der Waals surface area contributed by atoms with E-state index in [-0.39, 0.29) is 12.5 Å². The first-order valence-corrected chi connectivity index (χ1v) is 9.56. The van der Waals surface area contributed by atoms with Gasteiger partial charge < -0.3 is 15.5 Å². The van der Waals surface area contributed by atoms with Gasteiger partial charge in [0.1, 0.15) is 12.1 Å². The molecule has 150 valence electrons. The number of piperidine rings is 1. The summed E-state index contributed by atoms with van der Waals surface area (Å²) in [4.78, 5) is 49.1. The average Bonchev–Trinajstić information content (AvgIpc) is 2.95. The van der Waals surface area contributed by atoms with Gasteiger partial charge in [-0.3, -0.25) is 14.5 Å². The van der Waals surface area contributed by atoms with Gasteiger partial charge in [-0.15, -0.1) is 0 Å². The molecule has 2 saturated heterocycles. The Kier molecular flexibility index (Phi) is 5.06. The van der Waals surface area contributed by atoms with Crippen molar-refractivity contribution in [3.63, 3.8) is 0 Å². The summed E-state index contributed by atoms with van der Waals surface area (Å²) in [7, 11) is 0. The highest BCUT2D eigenvalue weighted by molar-refractivity contribution is 6.30. The van der Waals surface area contributed by atoms with E-state index < -0.39 is 17.5 Å². The second kappa shape index (κ2) is 7.67. The van der Waals surface area contributed by atoms with Gasteiger partial charge in [0.05, 0.1) is 0 Å². The zero-order chi connectivity index (χ0) is 20.4. The number of halogens is 1. The molecule has 1 aromatic carbocycles. The maximum Gasteiger partial charge on any atom is 0.325 e. The lowest BCUT2D eigenvalue weighted by atomic mass is 9.87. The topological polar surface area (TPSA) is 108 Å². The molecule has 0 atom stereocenters. The molecule has 0 unspecified atom stereocenters. The number of amides is 4. The van der Waals surface area contributed by atoms with Crippen LogP contribution in [0.2, 0.25) is 5.02 Å². The van der Waals surface area contributed by atoms with Crippen LogP contribution >= 0.6 is 11.6 Å². The standard InChI is InChI=1S/C19H19ClN6O3/c20-13-2-4-14(5-3-13)23-15(27)12-26-16(28)19(24-18(26)29)6-10-25(11-7-19)17-21-8-1-9-22-17/h1-5,8-9H,6-7,10-12H2,(H,23,27)(H,24,29). The minimum Gasteiger partial charge on any atom is -0.341 e. The molecular weight excluding hydrogens is 396 g/mol. The van der Waals surface area contributed by atoms with Crippen molar-refractivity contribution in [3.05, 3.63) is 47.7 Å². The number of rotatable bonds is 4. The van der Waals surface area contributed by atoms with Gasteiger partial charge in [0, 0.05) is 36.2 Å². The summed E-state index contributed by atoms with van der Waals surface area (Å²) in [6, 6.07) is 7.77. The van der Waals surface area contributed by atoms with E-state index in [1.807, 2.05) is 4.90 Å². The normalized spacial score (nSPS) is 18.1. The fourth-order valence-electron chi connectivity index (χ4n) is 3.58. The van der Waals surface area contributed by atoms with Crippen LogP contribution in [0.4, 0.5) is 16.4 Å². The van der Waals surface area contributed by atoms with E-state index in [4.69, 9.17) is 11.6 Å². The van der Waals surface area contributed by atoms with Crippen molar-refractivity contribution < 1.29 is 14.4 Å². The van der Waals surface area contributed by atoms with E-state index >= 15 is 0 Å². The van der Waals surface area contributed by atoms with Crippen LogP contribution in [0.1, 0.15) is 12.8 Å². The molecule has 4 rings (SSSR count). The Labute approximate surface area is 172 Å². The minimum atomic E-state index is -0.983. The molecule has 0 radical (unpaired) electrons. The molecule has 2 N–H and O–H groups in total. The second-order valence-corrected chi connectivity index (χ2v) is 7.43. The maximum absolute atomic E-state index is 13.0. The molecule has 2 aromatic rings. The van der Waals surface area contributed by atoms with Crippen molar-refractivity contribution in [2.24, 2.45) is 0 Å². The third-order valence-electron chi connectivity index (χ3n) is 5.13. The number of carbonyl (C=O) groups is 3. The number of anilines is 2. The van der Waals surface area contributed by atoms with Crippen molar-refractivity contribution in [3.8, 4) is 0 Å². The van der Waals surface area contributed by atoms with Crippen molar-refractivity contribution in [1.29, 1.82) is 0 Å². The van der Waals surface area contributed by atoms with Gasteiger partial charge in [0.15, 0.2) is 0 Å². The number of aromatic nitrogens is 2. The van der Waals surface area contributed by atoms with E-state index in [1.54, 1.807) is 42.7 Å². The van der Waals surface area contributed by atoms with Gasteiger partial charge in [0.2, 0.25) is 11.9 Å². The van der Waals surface area contributed by atoms with Crippen LogP contribution < -0.4 is 15.5 Å². The Hall–Kier alpha value is -3.20. The van der Waals surface area contributed by atoms with Crippen molar-refractivity contribution >= 4 is 41.1 Å². The van der Waals surface area contributed by atoms with Crippen LogP contribution in [-0.2, 0) is 9.59 Å². The largest absolute Gasteiger partial charge is 0.341 e. The predicted molar refractivity (Wildman–Crippen MR) is 107 cm³/mol. The molecule has 0 aliphatic carbocycles. The van der Waals surface area contributed by atoms with Crippen molar-refractivity contribution in [2.45, 2.75) is 18.4 Å². The van der Waals surface area contributed by atoms with Crippen LogP contribution in [-0.4, -0.2) is 57.9 Å². The Balaban J connectivity index is 1.38. The van der Waals surface area contributed by atoms with Crippen molar-refractivity contribution in [1.82, 2.24) is 20.2 Å². The van der Waals surface area contributed by atoms with E-state index in [0.717, 1.165) is 4.90 Å². The molecule has 10 heteroatoms. The Bertz CT molecular complexity index is 929. The number of hydrogen-bond donors (Lipinski definition) is 2. The Morgan fingerprint density at radius 3 is 2.45 bits per heavy atom. The average molecular weight is 415 g/mol. The second-order valence-electron chi connectivity index (χ2n) is 6.99. The van der Waals surface area contributed by atoms with E-state index in [0.29, 0.717) is 42.6 Å². The lowest BCUT2D eigenvalue weighted by molar-refractivity contribution is -0.134. The number of urea groups is 1. The Morgan fingerprint density at radius 1 is 1.14 bits per heavy atom. The zero-order valence-corrected chi connectivity index (χ0v) is 16.2. The Morgan fingerprint density at radius 2 is 1.79 bits per heavy atom. The molecule has 2 fully saturated rings. The first-order valence-electron chi connectivity index (χ1n) is 9.18. The van der Waals surface area contributed by atoms with E-state index in [9.17, 15) is 14.4 Å². The van der Waals surface area contributed by atoms with Crippen LogP contribution in [0.25, 0.3) is 0 Å². The fourth-order valence-corrected chi connectivity index (χ4v) is 3.70. The summed E-state index contributed by atoms with van der Waals surface area (Å²) < 4.78 is 0. The molecule has 9 nitrogen and oxygen atoms in total. The molecule has 1 aromatic heterocycles. The summed E-state index contributed by atoms with van der Waals surface area (Å²) in [5, 5.41) is 6.00. The van der Waals surface area contributed by atoms with Gasteiger partial charge in [0.25, 0.3) is 5.91 Å². The van der Waals surface area contributed by atoms with Gasteiger partial charge in [-0.1, -0.05) is 11.6 Å².